The zero-order valence-corrected chi connectivity index (χ0v) is 13.4. The fourth-order valence-corrected chi connectivity index (χ4v) is 4.37. The molecule has 0 aromatic heterocycles. The predicted molar refractivity (Wildman–Crippen MR) is 82.7 cm³/mol. The fourth-order valence-electron chi connectivity index (χ4n) is 2.61. The third kappa shape index (κ3) is 2.32. The van der Waals surface area contributed by atoms with Crippen LogP contribution in [0.4, 0.5) is 16.2 Å². The van der Waals surface area contributed by atoms with Gasteiger partial charge in [0.2, 0.25) is 10.0 Å². The summed E-state index contributed by atoms with van der Waals surface area (Å²) in [7, 11) is -1.82. The van der Waals surface area contributed by atoms with E-state index < -0.39 is 22.0 Å². The van der Waals surface area contributed by atoms with Crippen molar-refractivity contribution in [2.45, 2.75) is 6.42 Å². The second-order valence-corrected chi connectivity index (χ2v) is 7.67. The van der Waals surface area contributed by atoms with Gasteiger partial charge < -0.3 is 4.90 Å². The number of sulfonamides is 1. The summed E-state index contributed by atoms with van der Waals surface area (Å²) in [5, 5.41) is 0.220. The first-order chi connectivity index (χ1) is 10.3. The van der Waals surface area contributed by atoms with Crippen LogP contribution in [0.3, 0.4) is 0 Å². The molecule has 0 atom stereocenters. The van der Waals surface area contributed by atoms with Gasteiger partial charge >= 0.3 is 6.03 Å². The van der Waals surface area contributed by atoms with Crippen molar-refractivity contribution in [2.75, 3.05) is 35.1 Å². The van der Waals surface area contributed by atoms with E-state index in [4.69, 9.17) is 11.6 Å². The minimum Gasteiger partial charge on any atom is -0.318 e. The Labute approximate surface area is 133 Å². The molecule has 2 aliphatic heterocycles. The van der Waals surface area contributed by atoms with Crippen molar-refractivity contribution >= 4 is 44.9 Å². The molecule has 0 unspecified atom stereocenters. The van der Waals surface area contributed by atoms with Crippen LogP contribution in [0.5, 0.6) is 0 Å². The summed E-state index contributed by atoms with van der Waals surface area (Å²) in [4.78, 5) is 26.3. The Hall–Kier alpha value is -1.80. The van der Waals surface area contributed by atoms with Crippen LogP contribution in [0.1, 0.15) is 6.42 Å². The molecule has 7 nitrogen and oxygen atoms in total. The van der Waals surface area contributed by atoms with Gasteiger partial charge in [-0.2, -0.15) is 0 Å². The van der Waals surface area contributed by atoms with Crippen LogP contribution >= 0.6 is 11.6 Å². The van der Waals surface area contributed by atoms with Gasteiger partial charge in [0.05, 0.1) is 22.2 Å². The summed E-state index contributed by atoms with van der Waals surface area (Å²) in [6.45, 7) is 0.354. The van der Waals surface area contributed by atoms with Crippen LogP contribution in [-0.2, 0) is 14.8 Å². The number of urea groups is 1. The number of hydrogen-bond acceptors (Lipinski definition) is 4. The number of halogens is 1. The van der Waals surface area contributed by atoms with E-state index >= 15 is 0 Å². The highest BCUT2D eigenvalue weighted by atomic mass is 35.5. The average Bonchev–Trinajstić information content (AvgIpc) is 2.91. The Morgan fingerprint density at radius 1 is 1.23 bits per heavy atom. The van der Waals surface area contributed by atoms with Gasteiger partial charge in [0.25, 0.3) is 5.91 Å². The molecule has 0 bridgehead atoms. The van der Waals surface area contributed by atoms with Crippen molar-refractivity contribution < 1.29 is 18.0 Å². The molecule has 0 spiro atoms. The van der Waals surface area contributed by atoms with Crippen LogP contribution in [0, 0.1) is 0 Å². The summed E-state index contributed by atoms with van der Waals surface area (Å²) in [6, 6.07) is 4.07. The van der Waals surface area contributed by atoms with E-state index in [1.807, 2.05) is 0 Å². The van der Waals surface area contributed by atoms with Crippen LogP contribution in [0.25, 0.3) is 0 Å². The molecular weight excluding hydrogens is 330 g/mol. The maximum absolute atomic E-state index is 12.1. The molecule has 9 heteroatoms. The van der Waals surface area contributed by atoms with Gasteiger partial charge in [-0.1, -0.05) is 11.6 Å². The van der Waals surface area contributed by atoms with Crippen LogP contribution in [-0.4, -0.2) is 51.1 Å². The number of amides is 3. The number of nitrogens with zero attached hydrogens (tertiary/aromatic N) is 3. The lowest BCUT2D eigenvalue weighted by Gasteiger charge is -2.21. The zero-order chi connectivity index (χ0) is 16.1. The number of rotatable bonds is 2. The van der Waals surface area contributed by atoms with Crippen molar-refractivity contribution in [3.05, 3.63) is 23.2 Å². The van der Waals surface area contributed by atoms with Crippen LogP contribution < -0.4 is 9.21 Å². The minimum atomic E-state index is -3.34. The number of benzene rings is 1. The molecule has 0 N–H and O–H groups in total. The van der Waals surface area contributed by atoms with Crippen molar-refractivity contribution in [3.8, 4) is 0 Å². The first-order valence-corrected chi connectivity index (χ1v) is 8.68. The van der Waals surface area contributed by atoms with Crippen LogP contribution in [0.2, 0.25) is 5.02 Å². The molecule has 22 heavy (non-hydrogen) atoms. The molecular formula is C13H14ClN3O4S. The molecule has 0 saturated carbocycles. The lowest BCUT2D eigenvalue weighted by molar-refractivity contribution is -0.116. The van der Waals surface area contributed by atoms with Gasteiger partial charge in [-0.3, -0.25) is 9.10 Å². The number of carbonyl (C=O) groups is 2. The van der Waals surface area contributed by atoms with Crippen LogP contribution in [0.15, 0.2) is 18.2 Å². The number of anilines is 2. The summed E-state index contributed by atoms with van der Waals surface area (Å²) in [6.07, 6.45) is 0.546. The normalized spacial score (nSPS) is 21.1. The van der Waals surface area contributed by atoms with E-state index in [0.29, 0.717) is 18.7 Å². The molecule has 2 aliphatic rings. The second kappa shape index (κ2) is 5.13. The summed E-state index contributed by atoms with van der Waals surface area (Å²) in [5.74, 6) is -0.300. The van der Waals surface area contributed by atoms with Gasteiger partial charge in [-0.05, 0) is 24.6 Å². The Kier molecular flexibility index (Phi) is 3.53. The number of hydrogen-bond donors (Lipinski definition) is 0. The quantitative estimate of drug-likeness (QED) is 0.758. The number of imide groups is 1. The monoisotopic (exact) mass is 343 g/mol. The SMILES string of the molecule is CN1CC(=O)N(c2cc(N3CCCS3(=O)=O)ccc2Cl)C1=O. The van der Waals surface area contributed by atoms with E-state index in [9.17, 15) is 18.0 Å². The largest absolute Gasteiger partial charge is 0.331 e. The van der Waals surface area contributed by atoms with Crippen molar-refractivity contribution in [3.63, 3.8) is 0 Å². The highest BCUT2D eigenvalue weighted by Crippen LogP contribution is 2.35. The summed E-state index contributed by atoms with van der Waals surface area (Å²) < 4.78 is 25.3. The van der Waals surface area contributed by atoms with E-state index in [2.05, 4.69) is 0 Å². The topological polar surface area (TPSA) is 78.0 Å². The highest BCUT2D eigenvalue weighted by molar-refractivity contribution is 7.93. The zero-order valence-electron chi connectivity index (χ0n) is 11.8. The molecule has 2 fully saturated rings. The lowest BCUT2D eigenvalue weighted by Crippen LogP contribution is -2.32. The van der Waals surface area contributed by atoms with Crippen molar-refractivity contribution in [1.82, 2.24) is 4.90 Å². The van der Waals surface area contributed by atoms with Gasteiger partial charge in [-0.25, -0.2) is 18.1 Å². The van der Waals surface area contributed by atoms with Crippen molar-refractivity contribution in [1.29, 1.82) is 0 Å². The average molecular weight is 344 g/mol. The Morgan fingerprint density at radius 3 is 2.50 bits per heavy atom. The molecule has 1 aromatic carbocycles. The molecule has 3 amide bonds. The first kappa shape index (κ1) is 15.1. The van der Waals surface area contributed by atoms with Gasteiger partial charge in [-0.15, -0.1) is 0 Å². The van der Waals surface area contributed by atoms with Gasteiger partial charge in [0.1, 0.15) is 6.54 Å². The summed E-state index contributed by atoms with van der Waals surface area (Å²) in [5.41, 5.74) is 0.618. The number of carbonyl (C=O) groups excluding carboxylic acids is 2. The standard InChI is InChI=1S/C13H14ClN3O4S/c1-15-8-12(18)17(13(15)19)11-7-9(3-4-10(11)14)16-5-2-6-22(16,20)21/h3-4,7H,2,5-6,8H2,1H3. The molecule has 3 rings (SSSR count). The Balaban J connectivity index is 2.05. The third-order valence-electron chi connectivity index (χ3n) is 3.70. The minimum absolute atomic E-state index is 0.0264. The van der Waals surface area contributed by atoms with E-state index in [1.165, 1.54) is 28.4 Å². The smallest absolute Gasteiger partial charge is 0.318 e. The molecule has 1 aromatic rings. The molecule has 0 aliphatic carbocycles. The van der Waals surface area contributed by atoms with E-state index in [1.54, 1.807) is 6.07 Å². The molecule has 2 saturated heterocycles. The third-order valence-corrected chi connectivity index (χ3v) is 5.89. The van der Waals surface area contributed by atoms with Gasteiger partial charge in [0.15, 0.2) is 0 Å². The predicted octanol–water partition coefficient (Wildman–Crippen LogP) is 1.28. The Bertz CT molecular complexity index is 765. The number of likely N-dealkylation sites (N-methyl/N-ethyl adjacent to an activating group) is 1. The van der Waals surface area contributed by atoms with Crippen molar-refractivity contribution in [2.24, 2.45) is 0 Å². The Morgan fingerprint density at radius 2 is 1.95 bits per heavy atom. The maximum Gasteiger partial charge on any atom is 0.331 e. The molecule has 2 heterocycles. The van der Waals surface area contributed by atoms with Gasteiger partial charge in [0, 0.05) is 13.6 Å². The summed E-state index contributed by atoms with van der Waals surface area (Å²) >= 11 is 6.10. The second-order valence-electron chi connectivity index (χ2n) is 5.25. The fraction of sp³-hybridized carbons (Fsp3) is 0.385. The van der Waals surface area contributed by atoms with E-state index in [-0.39, 0.29) is 23.0 Å². The lowest BCUT2D eigenvalue weighted by atomic mass is 10.2. The highest BCUT2D eigenvalue weighted by Gasteiger charge is 2.37. The molecule has 0 radical (unpaired) electrons. The maximum atomic E-state index is 12.1. The van der Waals surface area contributed by atoms with E-state index in [0.717, 1.165) is 4.90 Å². The first-order valence-electron chi connectivity index (χ1n) is 6.69. The molecule has 118 valence electrons.